The number of primary amides is 1. The van der Waals surface area contributed by atoms with Gasteiger partial charge in [-0.05, 0) is 6.07 Å². The fourth-order valence-corrected chi connectivity index (χ4v) is 1.99. The van der Waals surface area contributed by atoms with Gasteiger partial charge in [-0.2, -0.15) is 0 Å². The summed E-state index contributed by atoms with van der Waals surface area (Å²) in [5.74, 6) is -3.29. The number of benzene rings is 1. The van der Waals surface area contributed by atoms with E-state index in [1.807, 2.05) is 0 Å². The summed E-state index contributed by atoms with van der Waals surface area (Å²) < 4.78 is 26.4. The molecule has 18 heavy (non-hydrogen) atoms. The molecule has 0 saturated carbocycles. The van der Waals surface area contributed by atoms with Crippen molar-refractivity contribution in [3.05, 3.63) is 35.4 Å². The Morgan fingerprint density at radius 2 is 2.17 bits per heavy atom. The summed E-state index contributed by atoms with van der Waals surface area (Å²) in [5.41, 5.74) is 5.21. The molecule has 0 aromatic heterocycles. The summed E-state index contributed by atoms with van der Waals surface area (Å²) in [6.07, 6.45) is 0.0340. The minimum atomic E-state index is -0.965. The molecular formula is C12H12F2N2O2. The molecule has 1 unspecified atom stereocenters. The van der Waals surface area contributed by atoms with E-state index in [0.29, 0.717) is 0 Å². The monoisotopic (exact) mass is 254 g/mol. The van der Waals surface area contributed by atoms with Crippen molar-refractivity contribution in [3.8, 4) is 0 Å². The van der Waals surface area contributed by atoms with Crippen LogP contribution in [0.25, 0.3) is 0 Å². The summed E-state index contributed by atoms with van der Waals surface area (Å²) in [5, 5.41) is 0. The molecule has 1 heterocycles. The molecular weight excluding hydrogens is 242 g/mol. The molecule has 0 bridgehead atoms. The molecule has 1 aliphatic heterocycles. The number of nitrogens with zero attached hydrogens (tertiary/aromatic N) is 1. The quantitative estimate of drug-likeness (QED) is 0.867. The third-order valence-corrected chi connectivity index (χ3v) is 3.01. The van der Waals surface area contributed by atoms with Crippen LogP contribution in [0.15, 0.2) is 18.2 Å². The van der Waals surface area contributed by atoms with Crippen LogP contribution in [0, 0.1) is 17.6 Å². The maximum absolute atomic E-state index is 13.4. The van der Waals surface area contributed by atoms with Crippen LogP contribution in [0.5, 0.6) is 0 Å². The minimum absolute atomic E-state index is 0.0340. The number of halogens is 2. The lowest BCUT2D eigenvalue weighted by Gasteiger charge is -2.16. The summed E-state index contributed by atoms with van der Waals surface area (Å²) in [6, 6.07) is 3.79. The van der Waals surface area contributed by atoms with Crippen molar-refractivity contribution in [2.45, 2.75) is 13.0 Å². The summed E-state index contributed by atoms with van der Waals surface area (Å²) in [6.45, 7) is 0.107. The van der Waals surface area contributed by atoms with E-state index in [0.717, 1.165) is 6.07 Å². The van der Waals surface area contributed by atoms with Crippen LogP contribution in [-0.2, 0) is 16.1 Å². The predicted molar refractivity (Wildman–Crippen MR) is 59.1 cm³/mol. The van der Waals surface area contributed by atoms with Gasteiger partial charge in [-0.25, -0.2) is 8.78 Å². The van der Waals surface area contributed by atoms with Crippen LogP contribution in [0.1, 0.15) is 12.0 Å². The molecule has 1 aromatic carbocycles. The molecule has 6 heteroatoms. The van der Waals surface area contributed by atoms with Crippen molar-refractivity contribution in [1.82, 2.24) is 4.90 Å². The van der Waals surface area contributed by atoms with Crippen molar-refractivity contribution in [1.29, 1.82) is 0 Å². The average Bonchev–Trinajstić information content (AvgIpc) is 2.67. The van der Waals surface area contributed by atoms with E-state index in [4.69, 9.17) is 5.73 Å². The Kier molecular flexibility index (Phi) is 3.27. The molecule has 1 aromatic rings. The predicted octanol–water partition coefficient (Wildman–Crippen LogP) is 0.799. The maximum Gasteiger partial charge on any atom is 0.223 e. The molecule has 1 fully saturated rings. The van der Waals surface area contributed by atoms with Gasteiger partial charge in [0.2, 0.25) is 11.8 Å². The van der Waals surface area contributed by atoms with E-state index in [1.165, 1.54) is 17.0 Å². The molecule has 96 valence electrons. The van der Waals surface area contributed by atoms with E-state index in [2.05, 4.69) is 0 Å². The fraction of sp³-hybridized carbons (Fsp3) is 0.333. The van der Waals surface area contributed by atoms with Crippen molar-refractivity contribution in [2.75, 3.05) is 6.54 Å². The molecule has 0 aliphatic carbocycles. The second kappa shape index (κ2) is 4.72. The molecule has 2 rings (SSSR count). The Morgan fingerprint density at radius 1 is 1.44 bits per heavy atom. The van der Waals surface area contributed by atoms with Crippen molar-refractivity contribution in [3.63, 3.8) is 0 Å². The van der Waals surface area contributed by atoms with Gasteiger partial charge >= 0.3 is 0 Å². The molecule has 2 N–H and O–H groups in total. The molecule has 1 atom stereocenters. The Bertz CT molecular complexity index is 505. The van der Waals surface area contributed by atoms with Crippen LogP contribution in [0.2, 0.25) is 0 Å². The van der Waals surface area contributed by atoms with E-state index < -0.39 is 23.5 Å². The first kappa shape index (κ1) is 12.5. The molecule has 1 aliphatic rings. The number of likely N-dealkylation sites (tertiary alicyclic amines) is 1. The van der Waals surface area contributed by atoms with Crippen molar-refractivity contribution >= 4 is 11.8 Å². The van der Waals surface area contributed by atoms with Crippen LogP contribution < -0.4 is 5.73 Å². The third kappa shape index (κ3) is 2.32. The smallest absolute Gasteiger partial charge is 0.223 e. The zero-order valence-corrected chi connectivity index (χ0v) is 9.53. The van der Waals surface area contributed by atoms with Gasteiger partial charge in [0.25, 0.3) is 0 Å². The highest BCUT2D eigenvalue weighted by Crippen LogP contribution is 2.21. The van der Waals surface area contributed by atoms with Gasteiger partial charge in [-0.3, -0.25) is 9.59 Å². The number of nitrogens with two attached hydrogens (primary N) is 1. The van der Waals surface area contributed by atoms with Gasteiger partial charge < -0.3 is 10.6 Å². The lowest BCUT2D eigenvalue weighted by atomic mass is 10.1. The highest BCUT2D eigenvalue weighted by atomic mass is 19.2. The van der Waals surface area contributed by atoms with E-state index in [9.17, 15) is 18.4 Å². The van der Waals surface area contributed by atoms with Crippen LogP contribution >= 0.6 is 0 Å². The highest BCUT2D eigenvalue weighted by molar-refractivity contribution is 5.88. The highest BCUT2D eigenvalue weighted by Gasteiger charge is 2.33. The second-order valence-corrected chi connectivity index (χ2v) is 4.29. The maximum atomic E-state index is 13.4. The standard InChI is InChI=1S/C12H12F2N2O2/c13-9-3-1-2-7(11(9)14)5-16-6-8(12(15)18)4-10(16)17/h1-3,8H,4-6H2,(H2,15,18). The van der Waals surface area contributed by atoms with Crippen LogP contribution in [0.4, 0.5) is 8.78 Å². The van der Waals surface area contributed by atoms with Gasteiger partial charge in [-0.15, -0.1) is 0 Å². The first-order valence-corrected chi connectivity index (χ1v) is 5.49. The fourth-order valence-electron chi connectivity index (χ4n) is 1.99. The van der Waals surface area contributed by atoms with Gasteiger partial charge in [0.1, 0.15) is 0 Å². The van der Waals surface area contributed by atoms with Crippen molar-refractivity contribution in [2.24, 2.45) is 11.7 Å². The molecule has 0 spiro atoms. The number of carbonyl (C=O) groups is 2. The lowest BCUT2D eigenvalue weighted by molar-refractivity contribution is -0.128. The zero-order valence-electron chi connectivity index (χ0n) is 9.53. The number of amides is 2. The third-order valence-electron chi connectivity index (χ3n) is 3.01. The van der Waals surface area contributed by atoms with E-state index >= 15 is 0 Å². The molecule has 2 amide bonds. The largest absolute Gasteiger partial charge is 0.369 e. The zero-order chi connectivity index (χ0) is 13.3. The Hall–Kier alpha value is -1.98. The number of hydrogen-bond acceptors (Lipinski definition) is 2. The SMILES string of the molecule is NC(=O)C1CC(=O)N(Cc2cccc(F)c2F)C1. The Morgan fingerprint density at radius 3 is 2.78 bits per heavy atom. The topological polar surface area (TPSA) is 63.4 Å². The van der Waals surface area contributed by atoms with Gasteiger partial charge in [0.05, 0.1) is 5.92 Å². The molecule has 0 radical (unpaired) electrons. The first-order valence-electron chi connectivity index (χ1n) is 5.49. The average molecular weight is 254 g/mol. The number of hydrogen-bond donors (Lipinski definition) is 1. The van der Waals surface area contributed by atoms with E-state index in [-0.39, 0.29) is 31.0 Å². The van der Waals surface area contributed by atoms with Crippen LogP contribution in [0.3, 0.4) is 0 Å². The normalized spacial score (nSPS) is 19.3. The van der Waals surface area contributed by atoms with E-state index in [1.54, 1.807) is 0 Å². The summed E-state index contributed by atoms with van der Waals surface area (Å²) in [7, 11) is 0. The first-order chi connectivity index (χ1) is 8.49. The molecule has 4 nitrogen and oxygen atoms in total. The number of carbonyl (C=O) groups excluding carboxylic acids is 2. The number of rotatable bonds is 3. The Balaban J connectivity index is 2.13. The van der Waals surface area contributed by atoms with Gasteiger partial charge in [0, 0.05) is 25.1 Å². The second-order valence-electron chi connectivity index (χ2n) is 4.29. The van der Waals surface area contributed by atoms with Gasteiger partial charge in [0.15, 0.2) is 11.6 Å². The van der Waals surface area contributed by atoms with Gasteiger partial charge in [-0.1, -0.05) is 12.1 Å². The van der Waals surface area contributed by atoms with Crippen molar-refractivity contribution < 1.29 is 18.4 Å². The Labute approximate surface area is 102 Å². The summed E-state index contributed by atoms with van der Waals surface area (Å²) in [4.78, 5) is 23.9. The minimum Gasteiger partial charge on any atom is -0.369 e. The lowest BCUT2D eigenvalue weighted by Crippen LogP contribution is -2.28. The molecule has 1 saturated heterocycles. The summed E-state index contributed by atoms with van der Waals surface area (Å²) >= 11 is 0. The van der Waals surface area contributed by atoms with Crippen LogP contribution in [-0.4, -0.2) is 23.3 Å².